The number of ether oxygens (including phenoxy) is 3. The number of hydrogen-bond acceptors (Lipinski definition) is 6. The van der Waals surface area contributed by atoms with E-state index in [-0.39, 0.29) is 30.1 Å². The molecule has 6 rings (SSSR count). The van der Waals surface area contributed by atoms with Gasteiger partial charge in [-0.3, -0.25) is 0 Å². The molecule has 0 aromatic heterocycles. The van der Waals surface area contributed by atoms with E-state index < -0.39 is 29.5 Å². The monoisotopic (exact) mass is 434 g/mol. The van der Waals surface area contributed by atoms with Crippen LogP contribution in [0.2, 0.25) is 0 Å². The Morgan fingerprint density at radius 3 is 2.77 bits per heavy atom. The van der Waals surface area contributed by atoms with Crippen LogP contribution in [0.15, 0.2) is 24.3 Å². The van der Waals surface area contributed by atoms with E-state index in [2.05, 4.69) is 13.8 Å². The van der Waals surface area contributed by atoms with E-state index in [1.54, 1.807) is 12.1 Å². The average molecular weight is 435 g/mol. The Kier molecular flexibility index (Phi) is 5.36. The lowest BCUT2D eigenvalue weighted by Crippen LogP contribution is -2.70. The summed E-state index contributed by atoms with van der Waals surface area (Å²) >= 11 is 0. The number of rotatable bonds is 4. The molecule has 5 aliphatic rings. The quantitative estimate of drug-likeness (QED) is 0.509. The molecule has 1 aromatic rings. The summed E-state index contributed by atoms with van der Waals surface area (Å²) in [5.41, 5.74) is -0.640. The minimum absolute atomic E-state index is 0.0499. The second kappa shape index (κ2) is 7.80. The van der Waals surface area contributed by atoms with Gasteiger partial charge in [-0.2, -0.15) is 0 Å². The van der Waals surface area contributed by atoms with Crippen LogP contribution in [0.3, 0.4) is 0 Å². The second-order valence-corrected chi connectivity index (χ2v) is 9.85. The molecule has 1 aliphatic carbocycles. The van der Waals surface area contributed by atoms with Gasteiger partial charge in [0.1, 0.15) is 5.82 Å². The van der Waals surface area contributed by atoms with Gasteiger partial charge in [0.05, 0.1) is 18.3 Å². The zero-order valence-electron chi connectivity index (χ0n) is 18.3. The fourth-order valence-corrected chi connectivity index (χ4v) is 6.28. The van der Waals surface area contributed by atoms with Crippen LogP contribution in [-0.2, 0) is 24.0 Å². The predicted molar refractivity (Wildman–Crippen MR) is 108 cm³/mol. The molecule has 170 valence electrons. The van der Waals surface area contributed by atoms with Crippen molar-refractivity contribution in [1.82, 2.24) is 0 Å². The predicted octanol–water partition coefficient (Wildman–Crippen LogP) is 4.62. The van der Waals surface area contributed by atoms with Crippen molar-refractivity contribution >= 4 is 5.97 Å². The van der Waals surface area contributed by atoms with Crippen LogP contribution in [0.25, 0.3) is 0 Å². The number of esters is 1. The summed E-state index contributed by atoms with van der Waals surface area (Å²) in [4.78, 5) is 24.2. The molecular formula is C24H31FO6. The van der Waals surface area contributed by atoms with E-state index in [1.165, 1.54) is 12.1 Å². The molecular weight excluding hydrogens is 403 g/mol. The van der Waals surface area contributed by atoms with Gasteiger partial charge in [0.2, 0.25) is 5.79 Å². The van der Waals surface area contributed by atoms with Gasteiger partial charge in [0.15, 0.2) is 11.9 Å². The maximum atomic E-state index is 13.8. The molecule has 1 spiro atoms. The zero-order valence-corrected chi connectivity index (χ0v) is 18.3. The van der Waals surface area contributed by atoms with Gasteiger partial charge in [-0.1, -0.05) is 26.0 Å². The van der Waals surface area contributed by atoms with Gasteiger partial charge in [-0.15, -0.1) is 0 Å². The highest BCUT2D eigenvalue weighted by Crippen LogP contribution is 2.60. The Bertz CT molecular complexity index is 847. The standard InChI is InChI=1S/C24H31FO6/c1-14-8-9-18-15(2)20(11-13-27-21(26)16-6-4-5-7-19(16)25)28-22-24(18)17(14)10-12-23(3,29-22)30-31-24/h4-7,14-15,17-18,20,22H,8-13H2,1-3H3/t14-,15-,17+,18+,20-,22-,23+,24-/m1/s1. The van der Waals surface area contributed by atoms with Crippen molar-refractivity contribution in [3.63, 3.8) is 0 Å². The molecule has 4 aliphatic heterocycles. The lowest BCUT2D eigenvalue weighted by Gasteiger charge is -2.60. The van der Waals surface area contributed by atoms with Crippen LogP contribution in [0.4, 0.5) is 4.39 Å². The van der Waals surface area contributed by atoms with Crippen molar-refractivity contribution in [2.24, 2.45) is 23.7 Å². The first-order chi connectivity index (χ1) is 14.8. The van der Waals surface area contributed by atoms with Gasteiger partial charge in [0, 0.05) is 18.8 Å². The summed E-state index contributed by atoms with van der Waals surface area (Å²) in [7, 11) is 0. The maximum Gasteiger partial charge on any atom is 0.341 e. The fraction of sp³-hybridized carbons (Fsp3) is 0.708. The third-order valence-electron chi connectivity index (χ3n) is 8.02. The SMILES string of the molecule is C[C@H]1[C@@H](CCOC(=O)c2ccccc2F)O[C@@H]2O[C@]3(C)CC[C@H]4[C@H](C)CC[C@@H]1[C@@]24OO3. The van der Waals surface area contributed by atoms with Crippen molar-refractivity contribution in [2.45, 2.75) is 76.7 Å². The Balaban J connectivity index is 1.31. The van der Waals surface area contributed by atoms with Crippen molar-refractivity contribution in [3.8, 4) is 0 Å². The van der Waals surface area contributed by atoms with Crippen LogP contribution in [-0.4, -0.2) is 36.4 Å². The molecule has 2 bridgehead atoms. The Hall–Kier alpha value is -1.54. The second-order valence-electron chi connectivity index (χ2n) is 9.85. The molecule has 1 saturated carbocycles. The Morgan fingerprint density at radius 2 is 1.97 bits per heavy atom. The third kappa shape index (κ3) is 3.41. The highest BCUT2D eigenvalue weighted by atomic mass is 19.1. The Morgan fingerprint density at radius 1 is 1.16 bits per heavy atom. The van der Waals surface area contributed by atoms with Crippen molar-refractivity contribution in [1.29, 1.82) is 0 Å². The number of carbonyl (C=O) groups excluding carboxylic acids is 1. The molecule has 1 aromatic carbocycles. The third-order valence-corrected chi connectivity index (χ3v) is 8.02. The van der Waals surface area contributed by atoms with Gasteiger partial charge in [-0.05, 0) is 56.1 Å². The van der Waals surface area contributed by atoms with Crippen molar-refractivity contribution in [2.75, 3.05) is 6.61 Å². The highest BCUT2D eigenvalue weighted by molar-refractivity contribution is 5.89. The molecule has 0 radical (unpaired) electrons. The molecule has 4 heterocycles. The number of benzene rings is 1. The number of hydrogen-bond donors (Lipinski definition) is 0. The molecule has 0 N–H and O–H groups in total. The number of fused-ring (bicyclic) bond motifs is 2. The van der Waals surface area contributed by atoms with Crippen molar-refractivity contribution in [3.05, 3.63) is 35.6 Å². The van der Waals surface area contributed by atoms with E-state index in [4.69, 9.17) is 24.0 Å². The molecule has 0 amide bonds. The van der Waals surface area contributed by atoms with Crippen LogP contribution >= 0.6 is 0 Å². The molecule has 5 fully saturated rings. The minimum atomic E-state index is -0.806. The lowest BCUT2D eigenvalue weighted by molar-refractivity contribution is -0.571. The first-order valence-corrected chi connectivity index (χ1v) is 11.5. The highest BCUT2D eigenvalue weighted by Gasteiger charge is 2.69. The van der Waals surface area contributed by atoms with Gasteiger partial charge < -0.3 is 14.2 Å². The van der Waals surface area contributed by atoms with E-state index in [0.717, 1.165) is 25.7 Å². The molecule has 0 unspecified atom stereocenters. The normalized spacial score (nSPS) is 43.7. The van der Waals surface area contributed by atoms with E-state index in [9.17, 15) is 9.18 Å². The zero-order chi connectivity index (χ0) is 21.8. The van der Waals surface area contributed by atoms with Crippen LogP contribution < -0.4 is 0 Å². The van der Waals surface area contributed by atoms with Gasteiger partial charge in [0.25, 0.3) is 0 Å². The summed E-state index contributed by atoms with van der Waals surface area (Å²) in [6, 6.07) is 5.85. The molecule has 6 nitrogen and oxygen atoms in total. The van der Waals surface area contributed by atoms with E-state index in [1.807, 2.05) is 6.92 Å². The van der Waals surface area contributed by atoms with Crippen molar-refractivity contribution < 1.29 is 33.2 Å². The fourth-order valence-electron chi connectivity index (χ4n) is 6.28. The van der Waals surface area contributed by atoms with Crippen LogP contribution in [0.5, 0.6) is 0 Å². The largest absolute Gasteiger partial charge is 0.462 e. The summed E-state index contributed by atoms with van der Waals surface area (Å²) in [5, 5.41) is 0. The van der Waals surface area contributed by atoms with Gasteiger partial charge >= 0.3 is 5.97 Å². The summed E-state index contributed by atoms with van der Waals surface area (Å²) < 4.78 is 32.0. The minimum Gasteiger partial charge on any atom is -0.462 e. The molecule has 7 heteroatoms. The smallest absolute Gasteiger partial charge is 0.341 e. The molecule has 31 heavy (non-hydrogen) atoms. The summed E-state index contributed by atoms with van der Waals surface area (Å²) in [6.45, 7) is 6.52. The topological polar surface area (TPSA) is 63.2 Å². The lowest BCUT2D eigenvalue weighted by atomic mass is 9.57. The van der Waals surface area contributed by atoms with Gasteiger partial charge in [-0.25, -0.2) is 19.0 Å². The van der Waals surface area contributed by atoms with Crippen LogP contribution in [0, 0.1) is 29.5 Å². The average Bonchev–Trinajstić information content (AvgIpc) is 2.98. The molecule has 4 saturated heterocycles. The van der Waals surface area contributed by atoms with Crippen LogP contribution in [0.1, 0.15) is 63.2 Å². The first-order valence-electron chi connectivity index (χ1n) is 11.5. The van der Waals surface area contributed by atoms with E-state index >= 15 is 0 Å². The molecule has 8 atom stereocenters. The number of halogens is 1. The Labute approximate surface area is 182 Å². The van der Waals surface area contributed by atoms with E-state index in [0.29, 0.717) is 18.3 Å². The number of carbonyl (C=O) groups is 1. The summed E-state index contributed by atoms with van der Waals surface area (Å²) in [6.07, 6.45) is 3.80. The first kappa shape index (κ1) is 21.3. The summed E-state index contributed by atoms with van der Waals surface area (Å²) in [5.74, 6) is -0.773. The maximum absolute atomic E-state index is 13.8.